The maximum absolute atomic E-state index is 13.1. The van der Waals surface area contributed by atoms with Crippen molar-refractivity contribution in [1.29, 1.82) is 0 Å². The van der Waals surface area contributed by atoms with Crippen molar-refractivity contribution >= 4 is 17.0 Å². The van der Waals surface area contributed by atoms with E-state index in [0.717, 1.165) is 57.6 Å². The predicted octanol–water partition coefficient (Wildman–Crippen LogP) is 7.87. The van der Waals surface area contributed by atoms with E-state index in [9.17, 15) is 4.79 Å². The van der Waals surface area contributed by atoms with Crippen LogP contribution in [0.25, 0.3) is 10.9 Å². The van der Waals surface area contributed by atoms with Crippen molar-refractivity contribution in [2.24, 2.45) is 0 Å². The van der Waals surface area contributed by atoms with Crippen LogP contribution in [0.3, 0.4) is 0 Å². The first-order chi connectivity index (χ1) is 23.2. The first-order valence-corrected chi connectivity index (χ1v) is 16.2. The van der Waals surface area contributed by atoms with E-state index in [0.29, 0.717) is 39.5 Å². The molecule has 1 saturated heterocycles. The summed E-state index contributed by atoms with van der Waals surface area (Å²) < 4.78 is 29.5. The second-order valence-electron chi connectivity index (χ2n) is 11.7. The van der Waals surface area contributed by atoms with E-state index in [4.69, 9.17) is 23.7 Å². The number of hydrogen-bond acceptors (Lipinski definition) is 6. The highest BCUT2D eigenvalue weighted by Crippen LogP contribution is 2.33. The average Bonchev–Trinajstić information content (AvgIpc) is 3.55. The molecule has 1 aromatic heterocycles. The molecule has 1 aliphatic heterocycles. The van der Waals surface area contributed by atoms with Gasteiger partial charge in [0.15, 0.2) is 0 Å². The molecule has 1 aliphatic rings. The summed E-state index contributed by atoms with van der Waals surface area (Å²) in [5.41, 5.74) is 5.24. The van der Waals surface area contributed by atoms with Gasteiger partial charge in [-0.15, -0.1) is 0 Å². The number of fused-ring (bicyclic) bond motifs is 1. The highest BCUT2D eigenvalue weighted by molar-refractivity contribution is 5.80. The van der Waals surface area contributed by atoms with Gasteiger partial charge in [0.2, 0.25) is 0 Å². The summed E-state index contributed by atoms with van der Waals surface area (Å²) in [4.78, 5) is 18.3. The number of benzene rings is 4. The molecule has 47 heavy (non-hydrogen) atoms. The second-order valence-corrected chi connectivity index (χ2v) is 11.7. The van der Waals surface area contributed by atoms with Gasteiger partial charge in [-0.2, -0.15) is 0 Å². The SMILES string of the molecule is COc1ccccc1COCCCOc1ccc(C2CCN(C(=O)OCc3ccccc3)CC2OCc2cc3ccccc3[nH]2)cc1. The summed E-state index contributed by atoms with van der Waals surface area (Å²) in [6.07, 6.45) is 1.02. The highest BCUT2D eigenvalue weighted by Gasteiger charge is 2.34. The van der Waals surface area contributed by atoms with Crippen LogP contribution in [0.2, 0.25) is 0 Å². The molecule has 1 N–H and O–H groups in total. The van der Waals surface area contributed by atoms with Gasteiger partial charge in [0.05, 0.1) is 46.2 Å². The van der Waals surface area contributed by atoms with Gasteiger partial charge in [0.1, 0.15) is 18.1 Å². The third-order valence-corrected chi connectivity index (χ3v) is 8.52. The minimum Gasteiger partial charge on any atom is -0.496 e. The second kappa shape index (κ2) is 16.2. The van der Waals surface area contributed by atoms with Crippen molar-refractivity contribution in [1.82, 2.24) is 9.88 Å². The molecule has 6 rings (SSSR count). The van der Waals surface area contributed by atoms with E-state index >= 15 is 0 Å². The predicted molar refractivity (Wildman–Crippen MR) is 182 cm³/mol. The Morgan fingerprint density at radius 3 is 2.47 bits per heavy atom. The Kier molecular flexibility index (Phi) is 11.1. The summed E-state index contributed by atoms with van der Waals surface area (Å²) >= 11 is 0. The van der Waals surface area contributed by atoms with E-state index in [-0.39, 0.29) is 24.7 Å². The van der Waals surface area contributed by atoms with Gasteiger partial charge >= 0.3 is 6.09 Å². The lowest BCUT2D eigenvalue weighted by Crippen LogP contribution is -2.47. The first-order valence-electron chi connectivity index (χ1n) is 16.2. The van der Waals surface area contributed by atoms with Crippen molar-refractivity contribution in [3.63, 3.8) is 0 Å². The number of likely N-dealkylation sites (tertiary alicyclic amines) is 1. The van der Waals surface area contributed by atoms with Gasteiger partial charge in [-0.25, -0.2) is 4.79 Å². The Hall–Kier alpha value is -4.79. The molecule has 2 unspecified atom stereocenters. The number of ether oxygens (including phenoxy) is 5. The molecule has 1 amide bonds. The fraction of sp³-hybridized carbons (Fsp3) is 0.308. The van der Waals surface area contributed by atoms with Crippen LogP contribution < -0.4 is 9.47 Å². The summed E-state index contributed by atoms with van der Waals surface area (Å²) in [7, 11) is 1.67. The monoisotopic (exact) mass is 634 g/mol. The van der Waals surface area contributed by atoms with Crippen LogP contribution in [0, 0.1) is 0 Å². The fourth-order valence-corrected chi connectivity index (χ4v) is 6.02. The van der Waals surface area contributed by atoms with Crippen LogP contribution in [0.5, 0.6) is 11.5 Å². The maximum atomic E-state index is 13.1. The summed E-state index contributed by atoms with van der Waals surface area (Å²) in [6, 6.07) is 36.2. The standard InChI is InChI=1S/C39H42N2O6/c1-43-37-15-8-6-13-32(37)27-44-22-9-23-45-34-18-16-30(17-19-34)35-20-21-41(39(42)47-26-29-10-3-2-4-11-29)25-38(35)46-28-33-24-31-12-5-7-14-36(31)40-33/h2-8,10-19,24,35,38,40H,9,20-23,25-28H2,1H3. The average molecular weight is 635 g/mol. The van der Waals surface area contributed by atoms with Gasteiger partial charge in [-0.05, 0) is 53.3 Å². The van der Waals surface area contributed by atoms with E-state index in [1.54, 1.807) is 12.0 Å². The number of hydrogen-bond donors (Lipinski definition) is 1. The molecular weight excluding hydrogens is 592 g/mol. The number of methoxy groups -OCH3 is 1. The van der Waals surface area contributed by atoms with Gasteiger partial charge in [-0.3, -0.25) is 0 Å². The quantitative estimate of drug-likeness (QED) is 0.125. The molecule has 4 aromatic carbocycles. The summed E-state index contributed by atoms with van der Waals surface area (Å²) in [6.45, 7) is 3.37. The number of aromatic amines is 1. The molecule has 5 aromatic rings. The van der Waals surface area contributed by atoms with Gasteiger partial charge in [0, 0.05) is 35.7 Å². The molecule has 8 nitrogen and oxygen atoms in total. The minimum atomic E-state index is -0.317. The third-order valence-electron chi connectivity index (χ3n) is 8.52. The third kappa shape index (κ3) is 8.73. The Bertz CT molecular complexity index is 1670. The Balaban J connectivity index is 1.03. The number of nitrogens with one attached hydrogen (secondary N) is 1. The minimum absolute atomic E-state index is 0.120. The van der Waals surface area contributed by atoms with Gasteiger partial charge in [-0.1, -0.05) is 78.9 Å². The first kappa shape index (κ1) is 32.2. The number of carbonyl (C=O) groups excluding carboxylic acids is 1. The zero-order valence-corrected chi connectivity index (χ0v) is 26.8. The van der Waals surface area contributed by atoms with E-state index < -0.39 is 0 Å². The molecule has 2 atom stereocenters. The zero-order valence-electron chi connectivity index (χ0n) is 26.8. The number of H-pyrrole nitrogens is 1. The van der Waals surface area contributed by atoms with Gasteiger partial charge < -0.3 is 33.6 Å². The van der Waals surface area contributed by atoms with E-state index in [1.807, 2.05) is 78.9 Å². The molecule has 244 valence electrons. The number of piperidine rings is 1. The fourth-order valence-electron chi connectivity index (χ4n) is 6.02. The van der Waals surface area contributed by atoms with E-state index in [1.165, 1.54) is 0 Å². The lowest BCUT2D eigenvalue weighted by molar-refractivity contribution is -0.0254. The molecular formula is C39H42N2O6. The number of carbonyl (C=O) groups is 1. The van der Waals surface area contributed by atoms with Crippen molar-refractivity contribution < 1.29 is 28.5 Å². The highest BCUT2D eigenvalue weighted by atomic mass is 16.6. The Labute approximate surface area is 276 Å². The molecule has 1 fully saturated rings. The smallest absolute Gasteiger partial charge is 0.410 e. The molecule has 8 heteroatoms. The van der Waals surface area contributed by atoms with Crippen molar-refractivity contribution in [2.45, 2.75) is 44.7 Å². The van der Waals surface area contributed by atoms with Crippen LogP contribution in [0.15, 0.2) is 109 Å². The van der Waals surface area contributed by atoms with Crippen LogP contribution in [0.4, 0.5) is 4.79 Å². The normalized spacial score (nSPS) is 16.2. The molecule has 0 bridgehead atoms. The number of amides is 1. The molecule has 0 spiro atoms. The molecule has 0 radical (unpaired) electrons. The number of para-hydroxylation sites is 2. The maximum Gasteiger partial charge on any atom is 0.410 e. The summed E-state index contributed by atoms with van der Waals surface area (Å²) in [5, 5.41) is 1.15. The van der Waals surface area contributed by atoms with Crippen LogP contribution in [-0.2, 0) is 34.0 Å². The van der Waals surface area contributed by atoms with Gasteiger partial charge in [0.25, 0.3) is 0 Å². The zero-order chi connectivity index (χ0) is 32.3. The Morgan fingerprint density at radius 2 is 1.64 bits per heavy atom. The summed E-state index contributed by atoms with van der Waals surface area (Å²) in [5.74, 6) is 1.77. The number of rotatable bonds is 14. The molecule has 2 heterocycles. The van der Waals surface area contributed by atoms with Crippen LogP contribution >= 0.6 is 0 Å². The lowest BCUT2D eigenvalue weighted by Gasteiger charge is -2.38. The largest absolute Gasteiger partial charge is 0.496 e. The lowest BCUT2D eigenvalue weighted by atomic mass is 9.87. The van der Waals surface area contributed by atoms with Crippen molar-refractivity contribution in [2.75, 3.05) is 33.4 Å². The van der Waals surface area contributed by atoms with Crippen LogP contribution in [-0.4, -0.2) is 55.5 Å². The van der Waals surface area contributed by atoms with Crippen molar-refractivity contribution in [3.8, 4) is 11.5 Å². The Morgan fingerprint density at radius 1 is 0.851 bits per heavy atom. The van der Waals surface area contributed by atoms with Crippen molar-refractivity contribution in [3.05, 3.63) is 132 Å². The molecule has 0 saturated carbocycles. The van der Waals surface area contributed by atoms with E-state index in [2.05, 4.69) is 35.3 Å². The topological polar surface area (TPSA) is 82.2 Å². The number of nitrogens with zero attached hydrogens (tertiary/aromatic N) is 1. The molecule has 0 aliphatic carbocycles. The van der Waals surface area contributed by atoms with Crippen LogP contribution in [0.1, 0.15) is 41.1 Å². The number of aromatic nitrogens is 1.